The molecular formula is C27H18F2N2O4S. The first-order valence-corrected chi connectivity index (χ1v) is 12.0. The minimum Gasteiger partial charge on any atom is -0.507 e. The van der Waals surface area contributed by atoms with Gasteiger partial charge in [-0.2, -0.15) is 0 Å². The molecule has 180 valence electrons. The monoisotopic (exact) mass is 504 g/mol. The minimum absolute atomic E-state index is 0.00827. The van der Waals surface area contributed by atoms with E-state index in [1.54, 1.807) is 18.2 Å². The fraction of sp³-hybridized carbons (Fsp3) is 0.148. The average molecular weight is 505 g/mol. The van der Waals surface area contributed by atoms with Crippen molar-refractivity contribution in [2.75, 3.05) is 4.90 Å². The molecule has 36 heavy (non-hydrogen) atoms. The maximum atomic E-state index is 13.8. The summed E-state index contributed by atoms with van der Waals surface area (Å²) < 4.78 is 33.7. The average Bonchev–Trinajstić information content (AvgIpc) is 3.51. The highest BCUT2D eigenvalue weighted by Gasteiger charge is 2.48. The molecule has 2 aliphatic heterocycles. The van der Waals surface area contributed by atoms with Gasteiger partial charge >= 0.3 is 5.91 Å². The topological polar surface area (TPSA) is 79.7 Å². The van der Waals surface area contributed by atoms with Crippen molar-refractivity contribution < 1.29 is 28.2 Å². The molecule has 1 N–H and O–H groups in total. The van der Waals surface area contributed by atoms with Gasteiger partial charge < -0.3 is 9.84 Å². The Kier molecular flexibility index (Phi) is 5.11. The highest BCUT2D eigenvalue weighted by molar-refractivity contribution is 7.22. The van der Waals surface area contributed by atoms with E-state index in [0.717, 1.165) is 16.9 Å². The van der Waals surface area contributed by atoms with Crippen molar-refractivity contribution in [2.24, 2.45) is 0 Å². The molecule has 9 heteroatoms. The zero-order chi connectivity index (χ0) is 25.1. The minimum atomic E-state index is -1.06. The number of carbonyl (C=O) groups is 2. The zero-order valence-corrected chi connectivity index (χ0v) is 19.7. The van der Waals surface area contributed by atoms with Crippen molar-refractivity contribution in [1.82, 2.24) is 4.98 Å². The van der Waals surface area contributed by atoms with Crippen LogP contribution in [0.25, 0.3) is 16.0 Å². The molecule has 0 bridgehead atoms. The van der Waals surface area contributed by atoms with Crippen LogP contribution in [0.5, 0.6) is 5.75 Å². The predicted molar refractivity (Wildman–Crippen MR) is 131 cm³/mol. The number of benzene rings is 3. The molecule has 3 aromatic carbocycles. The molecule has 4 aromatic rings. The molecule has 0 aliphatic carbocycles. The number of thiazole rings is 1. The largest absolute Gasteiger partial charge is 0.507 e. The second-order valence-electron chi connectivity index (χ2n) is 8.78. The number of rotatable bonds is 3. The second-order valence-corrected chi connectivity index (χ2v) is 9.79. The first kappa shape index (κ1) is 22.4. The number of Topliss-reactive ketones (excluding diaryl/α,β-unsaturated/α-hetero) is 1. The highest BCUT2D eigenvalue weighted by atomic mass is 32.1. The molecule has 6 rings (SSSR count). The molecule has 1 saturated heterocycles. The van der Waals surface area contributed by atoms with E-state index in [1.807, 2.05) is 6.92 Å². The van der Waals surface area contributed by atoms with E-state index in [4.69, 9.17) is 4.74 Å². The lowest BCUT2D eigenvalue weighted by Gasteiger charge is -2.23. The van der Waals surface area contributed by atoms with Crippen LogP contribution in [-0.2, 0) is 16.0 Å². The number of halogens is 2. The Hall–Kier alpha value is -4.11. The van der Waals surface area contributed by atoms with E-state index >= 15 is 0 Å². The number of ketones is 1. The standard InChI is InChI=1S/C27H18F2N2O4S/c1-13-10-16-11-15(4-9-20(16)35-13)24(32)22-23(14-2-5-17(28)6-3-14)31(26(34)25(22)33)27-30-19-8-7-18(29)12-21(19)36-27/h2-9,11-13,23,32H,10H2,1H3/t13-,23-/m0/s1. The van der Waals surface area contributed by atoms with Gasteiger partial charge in [-0.3, -0.25) is 14.5 Å². The van der Waals surface area contributed by atoms with Crippen LogP contribution in [0.15, 0.2) is 66.2 Å². The molecule has 0 saturated carbocycles. The SMILES string of the molecule is C[C@H]1Cc2cc(C(O)=C3C(=O)C(=O)N(c4nc5ccc(F)cc5s4)[C@H]3c3ccc(F)cc3)ccc2O1. The van der Waals surface area contributed by atoms with E-state index in [2.05, 4.69) is 4.98 Å². The van der Waals surface area contributed by atoms with Gasteiger partial charge in [-0.1, -0.05) is 23.5 Å². The molecule has 0 unspecified atom stereocenters. The number of anilines is 1. The number of fused-ring (bicyclic) bond motifs is 2. The Labute approximate surface area is 208 Å². The van der Waals surface area contributed by atoms with Crippen LogP contribution in [-0.4, -0.2) is 27.9 Å². The van der Waals surface area contributed by atoms with Crippen molar-refractivity contribution in [1.29, 1.82) is 0 Å². The van der Waals surface area contributed by atoms with E-state index in [1.165, 1.54) is 47.4 Å². The summed E-state index contributed by atoms with van der Waals surface area (Å²) in [6.07, 6.45) is 0.639. The van der Waals surface area contributed by atoms with Gasteiger partial charge in [0.1, 0.15) is 29.2 Å². The van der Waals surface area contributed by atoms with Crippen LogP contribution in [0.4, 0.5) is 13.9 Å². The summed E-state index contributed by atoms with van der Waals surface area (Å²) in [7, 11) is 0. The lowest BCUT2D eigenvalue weighted by Crippen LogP contribution is -2.29. The highest BCUT2D eigenvalue weighted by Crippen LogP contribution is 2.45. The Bertz CT molecular complexity index is 1600. The Morgan fingerprint density at radius 3 is 2.58 bits per heavy atom. The van der Waals surface area contributed by atoms with Gasteiger partial charge in [0, 0.05) is 12.0 Å². The van der Waals surface area contributed by atoms with Crippen LogP contribution in [0.2, 0.25) is 0 Å². The molecule has 1 amide bonds. The van der Waals surface area contributed by atoms with Gasteiger partial charge in [0.15, 0.2) is 5.13 Å². The number of nitrogens with zero attached hydrogens (tertiary/aromatic N) is 2. The maximum absolute atomic E-state index is 13.8. The summed E-state index contributed by atoms with van der Waals surface area (Å²) in [4.78, 5) is 32.3. The normalized spacial score (nSPS) is 20.7. The molecule has 0 spiro atoms. The third-order valence-corrected chi connectivity index (χ3v) is 7.36. The zero-order valence-electron chi connectivity index (χ0n) is 18.9. The number of amides is 1. The van der Waals surface area contributed by atoms with Crippen LogP contribution >= 0.6 is 11.3 Å². The number of ether oxygens (including phenoxy) is 1. The van der Waals surface area contributed by atoms with Crippen LogP contribution in [0.1, 0.15) is 29.7 Å². The number of aromatic nitrogens is 1. The third-order valence-electron chi connectivity index (χ3n) is 6.34. The van der Waals surface area contributed by atoms with E-state index in [0.29, 0.717) is 33.5 Å². The summed E-state index contributed by atoms with van der Waals surface area (Å²) in [5.74, 6) is -2.36. The van der Waals surface area contributed by atoms with Crippen molar-refractivity contribution in [2.45, 2.75) is 25.5 Å². The van der Waals surface area contributed by atoms with Gasteiger partial charge in [-0.15, -0.1) is 0 Å². The first-order valence-electron chi connectivity index (χ1n) is 11.2. The molecule has 1 aromatic heterocycles. The van der Waals surface area contributed by atoms with Gasteiger partial charge in [0.2, 0.25) is 0 Å². The number of aliphatic hydroxyl groups is 1. The first-order chi connectivity index (χ1) is 17.3. The van der Waals surface area contributed by atoms with Crippen molar-refractivity contribution >= 4 is 44.1 Å². The third kappa shape index (κ3) is 3.54. The lowest BCUT2D eigenvalue weighted by atomic mass is 9.94. The predicted octanol–water partition coefficient (Wildman–Crippen LogP) is 5.52. The molecule has 3 heterocycles. The summed E-state index contributed by atoms with van der Waals surface area (Å²) in [6.45, 7) is 1.93. The van der Waals surface area contributed by atoms with E-state index in [9.17, 15) is 23.5 Å². The maximum Gasteiger partial charge on any atom is 0.301 e. The summed E-state index contributed by atoms with van der Waals surface area (Å²) in [5.41, 5.74) is 1.99. The summed E-state index contributed by atoms with van der Waals surface area (Å²) >= 11 is 1.05. The van der Waals surface area contributed by atoms with Crippen LogP contribution < -0.4 is 9.64 Å². The van der Waals surface area contributed by atoms with Crippen molar-refractivity contribution in [3.8, 4) is 5.75 Å². The molecule has 1 fully saturated rings. The van der Waals surface area contributed by atoms with E-state index in [-0.39, 0.29) is 22.6 Å². The number of carbonyl (C=O) groups excluding carboxylic acids is 2. The van der Waals surface area contributed by atoms with Crippen LogP contribution in [0, 0.1) is 11.6 Å². The summed E-state index contributed by atoms with van der Waals surface area (Å²) in [6, 6.07) is 13.4. The number of hydrogen-bond donors (Lipinski definition) is 1. The van der Waals surface area contributed by atoms with Crippen molar-refractivity contribution in [3.05, 3.63) is 94.6 Å². The van der Waals surface area contributed by atoms with E-state index < -0.39 is 29.4 Å². The summed E-state index contributed by atoms with van der Waals surface area (Å²) in [5, 5.41) is 11.5. The van der Waals surface area contributed by atoms with Gasteiger partial charge in [-0.25, -0.2) is 13.8 Å². The lowest BCUT2D eigenvalue weighted by molar-refractivity contribution is -0.132. The van der Waals surface area contributed by atoms with Crippen molar-refractivity contribution in [3.63, 3.8) is 0 Å². The smallest absolute Gasteiger partial charge is 0.301 e. The Balaban J connectivity index is 1.53. The Morgan fingerprint density at radius 2 is 1.81 bits per heavy atom. The second kappa shape index (κ2) is 8.23. The quantitative estimate of drug-likeness (QED) is 0.226. The van der Waals surface area contributed by atoms with Gasteiger partial charge in [-0.05, 0) is 66.6 Å². The Morgan fingerprint density at radius 1 is 1.06 bits per heavy atom. The van der Waals surface area contributed by atoms with Gasteiger partial charge in [0.25, 0.3) is 5.78 Å². The number of hydrogen-bond acceptors (Lipinski definition) is 6. The molecule has 2 atom stereocenters. The molecule has 0 radical (unpaired) electrons. The fourth-order valence-corrected chi connectivity index (χ4v) is 5.72. The fourth-order valence-electron chi connectivity index (χ4n) is 4.70. The van der Waals surface area contributed by atoms with Crippen LogP contribution in [0.3, 0.4) is 0 Å². The molecule has 2 aliphatic rings. The molecule has 6 nitrogen and oxygen atoms in total. The van der Waals surface area contributed by atoms with Gasteiger partial charge in [0.05, 0.1) is 21.8 Å². The number of aliphatic hydroxyl groups excluding tert-OH is 1. The molecular weight excluding hydrogens is 486 g/mol.